The maximum absolute atomic E-state index is 13.1. The second kappa shape index (κ2) is 4.90. The quantitative estimate of drug-likeness (QED) is 0.319. The molecular formula is C5ClF10IS. The molecule has 0 amide bonds. The first-order valence-corrected chi connectivity index (χ1v) is 5.70. The zero-order valence-corrected chi connectivity index (χ0v) is 11.2. The van der Waals surface area contributed by atoms with Gasteiger partial charge < -0.3 is 0 Å². The number of thioether (sulfide) groups is 1. The molecular weight excluding hydrogens is 444 g/mol. The molecule has 0 N–H and O–H groups in total. The summed E-state index contributed by atoms with van der Waals surface area (Å²) < 4.78 is 117. The molecule has 0 bridgehead atoms. The summed E-state index contributed by atoms with van der Waals surface area (Å²) in [6, 6.07) is 0. The predicted octanol–water partition coefficient (Wildman–Crippen LogP) is 5.40. The summed E-state index contributed by atoms with van der Waals surface area (Å²) >= 11 is 1.14. The van der Waals surface area contributed by atoms with Crippen LogP contribution in [-0.2, 0) is 0 Å². The molecule has 0 aliphatic rings. The van der Waals surface area contributed by atoms with Gasteiger partial charge in [-0.25, -0.2) is 8.78 Å². The Morgan fingerprint density at radius 3 is 1.33 bits per heavy atom. The number of alkyl halides is 12. The van der Waals surface area contributed by atoms with E-state index in [9.17, 15) is 43.9 Å². The summed E-state index contributed by atoms with van der Waals surface area (Å²) in [5.74, 6) is 0. The van der Waals surface area contributed by atoms with Gasteiger partial charge in [-0.1, -0.05) is 11.6 Å². The number of rotatable bonds is 3. The minimum Gasteiger partial charge on any atom is -0.217 e. The highest BCUT2D eigenvalue weighted by Crippen LogP contribution is 2.62. The van der Waals surface area contributed by atoms with Gasteiger partial charge in [0.25, 0.3) is 0 Å². The second-order valence-corrected chi connectivity index (χ2v) is 5.90. The molecule has 13 heteroatoms. The highest BCUT2D eigenvalue weighted by molar-refractivity contribution is 14.1. The Bertz CT molecular complexity index is 306. The summed E-state index contributed by atoms with van der Waals surface area (Å²) in [4.78, 5) is 0. The fourth-order valence-electron chi connectivity index (χ4n) is 0.570. The first kappa shape index (κ1) is 18.7. The molecule has 18 heavy (non-hydrogen) atoms. The molecule has 2 unspecified atom stereocenters. The van der Waals surface area contributed by atoms with Crippen molar-refractivity contribution in [2.75, 3.05) is 0 Å². The largest absolute Gasteiger partial charge is 0.447 e. The van der Waals surface area contributed by atoms with E-state index in [1.54, 1.807) is 0 Å². The Morgan fingerprint density at radius 2 is 1.11 bits per heavy atom. The van der Waals surface area contributed by atoms with E-state index in [1.165, 1.54) is 0 Å². The van der Waals surface area contributed by atoms with Crippen molar-refractivity contribution >= 4 is 46.0 Å². The van der Waals surface area contributed by atoms with Crippen molar-refractivity contribution < 1.29 is 43.9 Å². The molecule has 0 saturated heterocycles. The second-order valence-electron chi connectivity index (χ2n) is 2.71. The van der Waals surface area contributed by atoms with Crippen molar-refractivity contribution in [1.82, 2.24) is 0 Å². The Kier molecular flexibility index (Phi) is 5.08. The van der Waals surface area contributed by atoms with Gasteiger partial charge in [-0.3, -0.25) is 0 Å². The highest BCUT2D eigenvalue weighted by Gasteiger charge is 2.79. The van der Waals surface area contributed by atoms with Crippen molar-refractivity contribution in [2.24, 2.45) is 0 Å². The molecule has 110 valence electrons. The molecule has 0 radical (unpaired) electrons. The SMILES string of the molecule is FC(F)(F)SC(F)(F)C(F)(Cl)C(F)(I)C(F)(F)F. The average Bonchev–Trinajstić information content (AvgIpc) is 1.95. The van der Waals surface area contributed by atoms with Gasteiger partial charge in [0.15, 0.2) is 0 Å². The van der Waals surface area contributed by atoms with Gasteiger partial charge in [0.2, 0.25) is 0 Å². The van der Waals surface area contributed by atoms with E-state index in [0.29, 0.717) is 0 Å². The fraction of sp³-hybridized carbons (Fsp3) is 1.00. The van der Waals surface area contributed by atoms with Gasteiger partial charge in [0.05, 0.1) is 0 Å². The normalized spacial score (nSPS) is 21.3. The van der Waals surface area contributed by atoms with E-state index < -0.39 is 60.1 Å². The molecule has 0 aromatic carbocycles. The van der Waals surface area contributed by atoms with E-state index in [1.807, 2.05) is 0 Å². The number of halogens is 12. The molecule has 0 aromatic rings. The average molecular weight is 444 g/mol. The Balaban J connectivity index is 5.50. The van der Waals surface area contributed by atoms with Crippen LogP contribution in [-0.4, -0.2) is 25.7 Å². The monoisotopic (exact) mass is 444 g/mol. The van der Waals surface area contributed by atoms with E-state index in [2.05, 4.69) is 11.6 Å². The van der Waals surface area contributed by atoms with Crippen LogP contribution < -0.4 is 0 Å². The lowest BCUT2D eigenvalue weighted by atomic mass is 10.2. The lowest BCUT2D eigenvalue weighted by molar-refractivity contribution is -0.232. The maximum atomic E-state index is 13.1. The van der Waals surface area contributed by atoms with Crippen molar-refractivity contribution in [3.63, 3.8) is 0 Å². The summed E-state index contributed by atoms with van der Waals surface area (Å²) in [5, 5.41) is -11.5. The third-order valence-electron chi connectivity index (χ3n) is 1.36. The van der Waals surface area contributed by atoms with Crippen LogP contribution in [0.15, 0.2) is 0 Å². The first-order valence-electron chi connectivity index (χ1n) is 3.43. The number of hydrogen-bond donors (Lipinski definition) is 0. The number of hydrogen-bond acceptors (Lipinski definition) is 1. The van der Waals surface area contributed by atoms with Gasteiger partial charge in [-0.15, -0.1) is 0 Å². The Hall–Kier alpha value is 0.670. The predicted molar refractivity (Wildman–Crippen MR) is 52.2 cm³/mol. The van der Waals surface area contributed by atoms with Crippen molar-refractivity contribution in [1.29, 1.82) is 0 Å². The van der Waals surface area contributed by atoms with Crippen LogP contribution in [0.4, 0.5) is 43.9 Å². The lowest BCUT2D eigenvalue weighted by Gasteiger charge is -2.36. The highest BCUT2D eigenvalue weighted by atomic mass is 127. The van der Waals surface area contributed by atoms with Gasteiger partial charge in [0.1, 0.15) is 0 Å². The van der Waals surface area contributed by atoms with Crippen LogP contribution in [0, 0.1) is 0 Å². The zero-order valence-electron chi connectivity index (χ0n) is 7.44. The van der Waals surface area contributed by atoms with Gasteiger partial charge in [0, 0.05) is 11.8 Å². The molecule has 0 rings (SSSR count). The van der Waals surface area contributed by atoms with Crippen LogP contribution >= 0.6 is 46.0 Å². The topological polar surface area (TPSA) is 0 Å². The maximum Gasteiger partial charge on any atom is 0.447 e. The molecule has 0 spiro atoms. The summed E-state index contributed by atoms with van der Waals surface area (Å²) in [7, 11) is 0. The molecule has 0 aliphatic carbocycles. The molecule has 0 nitrogen and oxygen atoms in total. The molecule has 0 aliphatic heterocycles. The van der Waals surface area contributed by atoms with Crippen molar-refractivity contribution in [2.45, 2.75) is 25.7 Å². The van der Waals surface area contributed by atoms with Crippen LogP contribution in [0.3, 0.4) is 0 Å². The first-order chi connectivity index (χ1) is 7.46. The summed E-state index contributed by atoms with van der Waals surface area (Å²) in [5.41, 5.74) is -5.81. The van der Waals surface area contributed by atoms with Gasteiger partial charge in [-0.2, -0.15) is 35.1 Å². The fourth-order valence-corrected chi connectivity index (χ4v) is 1.87. The molecule has 0 heterocycles. The Morgan fingerprint density at radius 1 is 0.778 bits per heavy atom. The van der Waals surface area contributed by atoms with Crippen LogP contribution in [0.25, 0.3) is 0 Å². The summed E-state index contributed by atoms with van der Waals surface area (Å²) in [6.45, 7) is 0. The third-order valence-corrected chi connectivity index (χ3v) is 4.41. The van der Waals surface area contributed by atoms with E-state index in [-0.39, 0.29) is 0 Å². The van der Waals surface area contributed by atoms with Crippen molar-refractivity contribution in [3.8, 4) is 0 Å². The minimum absolute atomic E-state index is 0.457. The molecule has 2 atom stereocenters. The van der Waals surface area contributed by atoms with E-state index in [4.69, 9.17) is 0 Å². The van der Waals surface area contributed by atoms with Crippen LogP contribution in [0.5, 0.6) is 0 Å². The lowest BCUT2D eigenvalue weighted by Crippen LogP contribution is -2.58. The van der Waals surface area contributed by atoms with Crippen LogP contribution in [0.2, 0.25) is 0 Å². The van der Waals surface area contributed by atoms with E-state index in [0.717, 1.165) is 0 Å². The summed E-state index contributed by atoms with van der Waals surface area (Å²) in [6.07, 6.45) is -6.24. The van der Waals surface area contributed by atoms with Crippen molar-refractivity contribution in [3.05, 3.63) is 0 Å². The van der Waals surface area contributed by atoms with Gasteiger partial charge in [-0.05, 0) is 22.6 Å². The molecule has 0 fully saturated rings. The molecule has 0 aromatic heterocycles. The minimum atomic E-state index is -6.24. The smallest absolute Gasteiger partial charge is 0.217 e. The van der Waals surface area contributed by atoms with E-state index >= 15 is 0 Å². The van der Waals surface area contributed by atoms with Crippen LogP contribution in [0.1, 0.15) is 0 Å². The molecule has 0 saturated carbocycles. The standard InChI is InChI=1S/C5ClF10IS/c6-1(7,2(8,17)3(9,10)11)4(12,13)18-5(14,15)16. The van der Waals surface area contributed by atoms with Gasteiger partial charge >= 0.3 is 25.7 Å². The Labute approximate surface area is 116 Å². The third kappa shape index (κ3) is 3.61. The zero-order chi connectivity index (χ0) is 15.2.